The predicted octanol–water partition coefficient (Wildman–Crippen LogP) is 2.53. The molecule has 1 saturated heterocycles. The average molecular weight is 367 g/mol. The maximum absolute atomic E-state index is 12.4. The van der Waals surface area contributed by atoms with E-state index in [1.54, 1.807) is 18.8 Å². The number of urea groups is 1. The SMILES string of the molecule is CCCSC1=NC2C(C(=O)NC(=O)N2C)N1Cc1ccccc1Cl. The second-order valence-corrected chi connectivity index (χ2v) is 7.21. The molecule has 1 aromatic rings. The van der Waals surface area contributed by atoms with Crippen molar-refractivity contribution in [2.45, 2.75) is 32.1 Å². The molecule has 1 fully saturated rings. The number of carbonyl (C=O) groups excluding carboxylic acids is 2. The molecule has 0 spiro atoms. The van der Waals surface area contributed by atoms with Gasteiger partial charge in [0.2, 0.25) is 0 Å². The number of nitrogens with zero attached hydrogens (tertiary/aromatic N) is 3. The van der Waals surface area contributed by atoms with Crippen molar-refractivity contribution >= 4 is 40.5 Å². The van der Waals surface area contributed by atoms with Crippen molar-refractivity contribution in [1.29, 1.82) is 0 Å². The summed E-state index contributed by atoms with van der Waals surface area (Å²) in [5, 5.41) is 3.83. The molecule has 2 heterocycles. The Labute approximate surface area is 150 Å². The lowest BCUT2D eigenvalue weighted by atomic mass is 10.1. The van der Waals surface area contributed by atoms with Crippen LogP contribution in [0.1, 0.15) is 18.9 Å². The number of hydrogen-bond donors (Lipinski definition) is 1. The summed E-state index contributed by atoms with van der Waals surface area (Å²) < 4.78 is 0. The molecule has 2 aliphatic heterocycles. The number of nitrogens with one attached hydrogen (secondary N) is 1. The number of carbonyl (C=O) groups is 2. The lowest BCUT2D eigenvalue weighted by Crippen LogP contribution is -2.63. The number of rotatable bonds is 4. The summed E-state index contributed by atoms with van der Waals surface area (Å²) in [7, 11) is 1.66. The molecule has 1 N–H and O–H groups in total. The second kappa shape index (κ2) is 7.03. The Kier molecular flexibility index (Phi) is 5.01. The van der Waals surface area contributed by atoms with Gasteiger partial charge >= 0.3 is 6.03 Å². The topological polar surface area (TPSA) is 65.0 Å². The lowest BCUT2D eigenvalue weighted by Gasteiger charge is -2.36. The second-order valence-electron chi connectivity index (χ2n) is 5.74. The average Bonchev–Trinajstić information content (AvgIpc) is 2.92. The molecule has 1 aromatic carbocycles. The molecule has 0 aromatic heterocycles. The van der Waals surface area contributed by atoms with E-state index in [2.05, 4.69) is 17.2 Å². The number of amidine groups is 1. The third-order valence-electron chi connectivity index (χ3n) is 4.06. The van der Waals surface area contributed by atoms with Crippen molar-refractivity contribution in [2.24, 2.45) is 4.99 Å². The van der Waals surface area contributed by atoms with E-state index >= 15 is 0 Å². The molecule has 2 atom stereocenters. The maximum Gasteiger partial charge on any atom is 0.325 e. The summed E-state index contributed by atoms with van der Waals surface area (Å²) in [6.45, 7) is 2.57. The van der Waals surface area contributed by atoms with Crippen molar-refractivity contribution < 1.29 is 9.59 Å². The van der Waals surface area contributed by atoms with Crippen molar-refractivity contribution in [3.05, 3.63) is 34.9 Å². The van der Waals surface area contributed by atoms with Crippen LogP contribution < -0.4 is 5.32 Å². The molecule has 0 aliphatic carbocycles. The van der Waals surface area contributed by atoms with Gasteiger partial charge in [0, 0.05) is 24.4 Å². The summed E-state index contributed by atoms with van der Waals surface area (Å²) in [6, 6.07) is 6.62. The van der Waals surface area contributed by atoms with Crippen LogP contribution in [0.3, 0.4) is 0 Å². The number of benzene rings is 1. The van der Waals surface area contributed by atoms with E-state index < -0.39 is 18.2 Å². The highest BCUT2D eigenvalue weighted by Gasteiger charge is 2.48. The van der Waals surface area contributed by atoms with Crippen LogP contribution in [-0.2, 0) is 11.3 Å². The molecule has 3 rings (SSSR count). The molecule has 2 aliphatic rings. The fourth-order valence-corrected chi connectivity index (χ4v) is 3.90. The first-order chi connectivity index (χ1) is 11.5. The van der Waals surface area contributed by atoms with Gasteiger partial charge in [-0.3, -0.25) is 10.1 Å². The Balaban J connectivity index is 1.91. The maximum atomic E-state index is 12.4. The van der Waals surface area contributed by atoms with Gasteiger partial charge in [-0.25, -0.2) is 9.79 Å². The van der Waals surface area contributed by atoms with Crippen LogP contribution in [0.25, 0.3) is 0 Å². The fourth-order valence-electron chi connectivity index (χ4n) is 2.79. The molecule has 24 heavy (non-hydrogen) atoms. The Morgan fingerprint density at radius 1 is 1.33 bits per heavy atom. The molecule has 6 nitrogen and oxygen atoms in total. The molecule has 8 heteroatoms. The van der Waals surface area contributed by atoms with E-state index in [4.69, 9.17) is 11.6 Å². The normalized spacial score (nSPS) is 23.2. The highest BCUT2D eigenvalue weighted by Crippen LogP contribution is 2.31. The first-order valence-corrected chi connectivity index (χ1v) is 9.17. The zero-order valence-electron chi connectivity index (χ0n) is 13.5. The summed E-state index contributed by atoms with van der Waals surface area (Å²) >= 11 is 7.88. The first kappa shape index (κ1) is 17.1. The third kappa shape index (κ3) is 3.10. The van der Waals surface area contributed by atoms with Gasteiger partial charge in [0.05, 0.1) is 0 Å². The van der Waals surface area contributed by atoms with Gasteiger partial charge in [-0.1, -0.05) is 48.5 Å². The minimum Gasteiger partial charge on any atom is -0.331 e. The zero-order valence-corrected chi connectivity index (χ0v) is 15.1. The molecule has 128 valence electrons. The number of halogens is 1. The van der Waals surface area contributed by atoms with Crippen molar-refractivity contribution in [1.82, 2.24) is 15.1 Å². The van der Waals surface area contributed by atoms with Gasteiger partial charge in [-0.2, -0.15) is 0 Å². The Hall–Kier alpha value is -1.73. The van der Waals surface area contributed by atoms with Crippen LogP contribution in [0.2, 0.25) is 5.02 Å². The molecular formula is C16H19ClN4O2S. The number of hydrogen-bond acceptors (Lipinski definition) is 5. The van der Waals surface area contributed by atoms with Gasteiger partial charge in [0.25, 0.3) is 5.91 Å². The van der Waals surface area contributed by atoms with Crippen molar-refractivity contribution in [2.75, 3.05) is 12.8 Å². The van der Waals surface area contributed by atoms with Crippen LogP contribution in [-0.4, -0.2) is 51.9 Å². The summed E-state index contributed by atoms with van der Waals surface area (Å²) in [5.74, 6) is 0.585. The largest absolute Gasteiger partial charge is 0.331 e. The fraction of sp³-hybridized carbons (Fsp3) is 0.438. The van der Waals surface area contributed by atoms with Gasteiger partial charge in [0.1, 0.15) is 0 Å². The quantitative estimate of drug-likeness (QED) is 0.889. The van der Waals surface area contributed by atoms with Gasteiger partial charge in [-0.05, 0) is 18.1 Å². The molecule has 2 unspecified atom stereocenters. The summed E-state index contributed by atoms with van der Waals surface area (Å²) in [6.07, 6.45) is 0.507. The summed E-state index contributed by atoms with van der Waals surface area (Å²) in [5.41, 5.74) is 0.928. The molecule has 0 bridgehead atoms. The predicted molar refractivity (Wildman–Crippen MR) is 96.1 cm³/mol. The Bertz CT molecular complexity index is 696. The van der Waals surface area contributed by atoms with Gasteiger partial charge in [0.15, 0.2) is 17.4 Å². The van der Waals surface area contributed by atoms with Gasteiger partial charge in [-0.15, -0.1) is 0 Å². The van der Waals surface area contributed by atoms with Crippen LogP contribution in [0.5, 0.6) is 0 Å². The van der Waals surface area contributed by atoms with Crippen LogP contribution >= 0.6 is 23.4 Å². The molecular weight excluding hydrogens is 348 g/mol. The number of likely N-dealkylation sites (N-methyl/N-ethyl adjacent to an activating group) is 1. The smallest absolute Gasteiger partial charge is 0.325 e. The lowest BCUT2D eigenvalue weighted by molar-refractivity contribution is -0.127. The summed E-state index contributed by atoms with van der Waals surface area (Å²) in [4.78, 5) is 32.4. The van der Waals surface area contributed by atoms with E-state index in [0.717, 1.165) is 22.9 Å². The third-order valence-corrected chi connectivity index (χ3v) is 5.64. The minimum atomic E-state index is -0.525. The number of aliphatic imine (C=N–C) groups is 1. The molecule has 0 saturated carbocycles. The monoisotopic (exact) mass is 366 g/mol. The van der Waals surface area contributed by atoms with E-state index in [1.807, 2.05) is 29.2 Å². The van der Waals surface area contributed by atoms with Crippen LogP contribution in [0.4, 0.5) is 4.79 Å². The van der Waals surface area contributed by atoms with E-state index in [0.29, 0.717) is 11.6 Å². The van der Waals surface area contributed by atoms with E-state index in [9.17, 15) is 9.59 Å². The van der Waals surface area contributed by atoms with Crippen LogP contribution in [0, 0.1) is 0 Å². The van der Waals surface area contributed by atoms with Crippen LogP contribution in [0.15, 0.2) is 29.3 Å². The Morgan fingerprint density at radius 3 is 2.79 bits per heavy atom. The minimum absolute atomic E-state index is 0.314. The number of amides is 3. The number of fused-ring (bicyclic) bond motifs is 1. The van der Waals surface area contributed by atoms with Gasteiger partial charge < -0.3 is 9.80 Å². The number of thioether (sulfide) groups is 1. The Morgan fingerprint density at radius 2 is 2.08 bits per heavy atom. The standard InChI is InChI=1S/C16H19ClN4O2S/c1-3-8-24-16-18-13-12(14(22)19-15(23)20(13)2)21(16)9-10-6-4-5-7-11(10)17/h4-7,12-13H,3,8-9H2,1-2H3,(H,19,22,23). The molecule has 3 amide bonds. The van der Waals surface area contributed by atoms with Crippen molar-refractivity contribution in [3.63, 3.8) is 0 Å². The first-order valence-electron chi connectivity index (χ1n) is 7.81. The zero-order chi connectivity index (χ0) is 17.3. The molecule has 0 radical (unpaired) electrons. The number of imide groups is 1. The van der Waals surface area contributed by atoms with Crippen molar-refractivity contribution in [3.8, 4) is 0 Å². The van der Waals surface area contributed by atoms with E-state index in [-0.39, 0.29) is 5.91 Å². The highest BCUT2D eigenvalue weighted by molar-refractivity contribution is 8.13. The highest BCUT2D eigenvalue weighted by atomic mass is 35.5. The van der Waals surface area contributed by atoms with E-state index in [1.165, 1.54) is 4.90 Å².